The molecule has 0 radical (unpaired) electrons. The molecule has 0 atom stereocenters. The van der Waals surface area contributed by atoms with Gasteiger partial charge in [0, 0.05) is 0 Å². The normalized spacial score (nSPS) is 12.6. The van der Waals surface area contributed by atoms with Crippen molar-refractivity contribution in [2.45, 2.75) is 6.61 Å². The molecule has 0 amide bonds. The van der Waals surface area contributed by atoms with Gasteiger partial charge in [-0.3, -0.25) is 4.79 Å². The predicted molar refractivity (Wildman–Crippen MR) is 70.6 cm³/mol. The zero-order chi connectivity index (χ0) is 12.4. The van der Waals surface area contributed by atoms with E-state index in [1.165, 1.54) is 0 Å². The van der Waals surface area contributed by atoms with Gasteiger partial charge in [-0.25, -0.2) is 0 Å². The number of hydrogen-bond donors (Lipinski definition) is 0. The van der Waals surface area contributed by atoms with Gasteiger partial charge in [-0.1, -0.05) is 48.5 Å². The second-order valence-electron chi connectivity index (χ2n) is 4.19. The van der Waals surface area contributed by atoms with E-state index >= 15 is 0 Å². The van der Waals surface area contributed by atoms with Crippen LogP contribution in [0.5, 0.6) is 5.75 Å². The van der Waals surface area contributed by atoms with Gasteiger partial charge in [-0.2, -0.15) is 0 Å². The summed E-state index contributed by atoms with van der Waals surface area (Å²) in [4.78, 5) is 11.7. The number of allylic oxidation sites excluding steroid dienone is 1. The number of carbonyl (C=O) groups excluding carboxylic acids is 1. The molecule has 0 N–H and O–H groups in total. The van der Waals surface area contributed by atoms with Gasteiger partial charge in [0.25, 0.3) is 0 Å². The number of hydrogen-bond acceptors (Lipinski definition) is 2. The predicted octanol–water partition coefficient (Wildman–Crippen LogP) is 3.48. The van der Waals surface area contributed by atoms with E-state index in [9.17, 15) is 4.79 Å². The minimum absolute atomic E-state index is 0.0219. The Bertz CT molecular complexity index is 612. The van der Waals surface area contributed by atoms with Crippen molar-refractivity contribution in [3.63, 3.8) is 0 Å². The molecule has 0 fully saturated rings. The lowest BCUT2D eigenvalue weighted by Crippen LogP contribution is -2.01. The van der Waals surface area contributed by atoms with Crippen LogP contribution in [0, 0.1) is 0 Å². The maximum absolute atomic E-state index is 11.7. The fourth-order valence-electron chi connectivity index (χ4n) is 2.06. The van der Waals surface area contributed by atoms with Gasteiger partial charge < -0.3 is 4.74 Å². The third-order valence-electron chi connectivity index (χ3n) is 2.96. The van der Waals surface area contributed by atoms with Crippen molar-refractivity contribution in [1.29, 1.82) is 0 Å². The topological polar surface area (TPSA) is 26.3 Å². The molecule has 0 aromatic heterocycles. The number of fused-ring (bicyclic) bond motifs is 1. The van der Waals surface area contributed by atoms with Crippen molar-refractivity contribution >= 4 is 11.9 Å². The van der Waals surface area contributed by atoms with Crippen molar-refractivity contribution in [3.8, 4) is 5.75 Å². The second-order valence-corrected chi connectivity index (χ2v) is 4.19. The van der Waals surface area contributed by atoms with Crippen molar-refractivity contribution in [2.24, 2.45) is 0 Å². The van der Waals surface area contributed by atoms with Crippen LogP contribution in [0.15, 0.2) is 54.6 Å². The third kappa shape index (κ3) is 1.93. The van der Waals surface area contributed by atoms with Gasteiger partial charge in [0.15, 0.2) is 5.78 Å². The molecule has 3 rings (SSSR count). The van der Waals surface area contributed by atoms with Crippen molar-refractivity contribution in [1.82, 2.24) is 0 Å². The van der Waals surface area contributed by atoms with Crippen LogP contribution in [0.1, 0.15) is 21.5 Å². The molecule has 0 heterocycles. The van der Waals surface area contributed by atoms with E-state index in [4.69, 9.17) is 4.74 Å². The molecule has 0 unspecified atom stereocenters. The molecular weight excluding hydrogens is 224 g/mol. The summed E-state index contributed by atoms with van der Waals surface area (Å²) in [5.74, 6) is 0.681. The summed E-state index contributed by atoms with van der Waals surface area (Å²) in [6, 6.07) is 15.6. The summed E-state index contributed by atoms with van der Waals surface area (Å²) < 4.78 is 5.74. The van der Waals surface area contributed by atoms with Crippen LogP contribution in [-0.4, -0.2) is 5.78 Å². The summed E-state index contributed by atoms with van der Waals surface area (Å²) in [7, 11) is 0. The summed E-state index contributed by atoms with van der Waals surface area (Å²) in [6.45, 7) is 0.477. The van der Waals surface area contributed by atoms with Gasteiger partial charge in [0.05, 0.1) is 5.56 Å². The first kappa shape index (κ1) is 10.8. The van der Waals surface area contributed by atoms with E-state index in [2.05, 4.69) is 0 Å². The van der Waals surface area contributed by atoms with E-state index in [0.717, 1.165) is 11.1 Å². The lowest BCUT2D eigenvalue weighted by atomic mass is 10.1. The number of benzene rings is 2. The molecule has 2 aromatic carbocycles. The van der Waals surface area contributed by atoms with Crippen molar-refractivity contribution in [2.75, 3.05) is 0 Å². The summed E-state index contributed by atoms with van der Waals surface area (Å²) in [5, 5.41) is 0. The lowest BCUT2D eigenvalue weighted by Gasteiger charge is -2.09. The zero-order valence-electron chi connectivity index (χ0n) is 9.80. The molecule has 0 spiro atoms. The Morgan fingerprint density at radius 1 is 0.889 bits per heavy atom. The fraction of sp³-hybridized carbons (Fsp3) is 0.0625. The van der Waals surface area contributed by atoms with E-state index in [0.29, 0.717) is 17.9 Å². The zero-order valence-corrected chi connectivity index (χ0v) is 9.80. The van der Waals surface area contributed by atoms with Gasteiger partial charge in [0.1, 0.15) is 12.4 Å². The molecule has 0 saturated carbocycles. The molecule has 18 heavy (non-hydrogen) atoms. The Hall–Kier alpha value is -2.35. The average molecular weight is 236 g/mol. The van der Waals surface area contributed by atoms with Gasteiger partial charge in [0.2, 0.25) is 0 Å². The maximum atomic E-state index is 11.7. The van der Waals surface area contributed by atoms with E-state index in [-0.39, 0.29) is 5.78 Å². The summed E-state index contributed by atoms with van der Waals surface area (Å²) in [5.41, 5.74) is 2.70. The number of carbonyl (C=O) groups is 1. The molecule has 2 nitrogen and oxygen atoms in total. The first-order chi connectivity index (χ1) is 8.84. The molecule has 2 aromatic rings. The molecule has 0 aliphatic heterocycles. The minimum Gasteiger partial charge on any atom is -0.488 e. The van der Waals surface area contributed by atoms with Crippen LogP contribution < -0.4 is 4.74 Å². The van der Waals surface area contributed by atoms with Crippen molar-refractivity contribution < 1.29 is 9.53 Å². The standard InChI is InChI=1S/C16H12O2/c17-14-10-9-13-7-4-8-15(16(13)14)18-11-12-5-2-1-3-6-12/h1-10H,11H2. The molecule has 88 valence electrons. The van der Waals surface area contributed by atoms with Crippen LogP contribution in [0.3, 0.4) is 0 Å². The Balaban J connectivity index is 1.83. The Morgan fingerprint density at radius 3 is 2.56 bits per heavy atom. The number of rotatable bonds is 3. The third-order valence-corrected chi connectivity index (χ3v) is 2.96. The molecule has 1 aliphatic rings. The quantitative estimate of drug-likeness (QED) is 0.815. The minimum atomic E-state index is 0.0219. The molecule has 0 bridgehead atoms. The molecule has 2 heteroatoms. The highest BCUT2D eigenvalue weighted by Gasteiger charge is 2.18. The maximum Gasteiger partial charge on any atom is 0.190 e. The summed E-state index contributed by atoms with van der Waals surface area (Å²) in [6.07, 6.45) is 3.41. The van der Waals surface area contributed by atoms with E-state index in [1.807, 2.05) is 54.6 Å². The highest BCUT2D eigenvalue weighted by molar-refractivity contribution is 6.15. The first-order valence-electron chi connectivity index (χ1n) is 5.87. The second kappa shape index (κ2) is 4.49. The molecule has 1 aliphatic carbocycles. The van der Waals surface area contributed by atoms with Gasteiger partial charge >= 0.3 is 0 Å². The van der Waals surface area contributed by atoms with Crippen LogP contribution in [0.4, 0.5) is 0 Å². The highest BCUT2D eigenvalue weighted by Crippen LogP contribution is 2.29. The monoisotopic (exact) mass is 236 g/mol. The lowest BCUT2D eigenvalue weighted by molar-refractivity contribution is 0.104. The Kier molecular flexibility index (Phi) is 2.69. The smallest absolute Gasteiger partial charge is 0.190 e. The van der Waals surface area contributed by atoms with Crippen LogP contribution in [0.2, 0.25) is 0 Å². The van der Waals surface area contributed by atoms with Crippen LogP contribution in [-0.2, 0) is 6.61 Å². The largest absolute Gasteiger partial charge is 0.488 e. The van der Waals surface area contributed by atoms with Crippen LogP contribution >= 0.6 is 0 Å². The fourth-order valence-corrected chi connectivity index (χ4v) is 2.06. The number of ketones is 1. The molecular formula is C16H12O2. The first-order valence-corrected chi connectivity index (χ1v) is 5.87. The van der Waals surface area contributed by atoms with E-state index < -0.39 is 0 Å². The van der Waals surface area contributed by atoms with Gasteiger partial charge in [-0.15, -0.1) is 0 Å². The highest BCUT2D eigenvalue weighted by atomic mass is 16.5. The van der Waals surface area contributed by atoms with Crippen LogP contribution in [0.25, 0.3) is 6.08 Å². The Morgan fingerprint density at radius 2 is 1.72 bits per heavy atom. The number of ether oxygens (including phenoxy) is 1. The Labute approximate surface area is 106 Å². The SMILES string of the molecule is O=C1C=Cc2cccc(OCc3ccccc3)c21. The van der Waals surface area contributed by atoms with Crippen molar-refractivity contribution in [3.05, 3.63) is 71.3 Å². The molecule has 0 saturated heterocycles. The van der Waals surface area contributed by atoms with E-state index in [1.54, 1.807) is 6.08 Å². The van der Waals surface area contributed by atoms with Gasteiger partial charge in [-0.05, 0) is 23.3 Å². The average Bonchev–Trinajstić information content (AvgIpc) is 2.80. The summed E-state index contributed by atoms with van der Waals surface area (Å²) >= 11 is 0.